The average molecular weight is 389 g/mol. The Hall–Kier alpha value is 0.693. The van der Waals surface area contributed by atoms with Crippen molar-refractivity contribution in [1.29, 1.82) is 0 Å². The van der Waals surface area contributed by atoms with Crippen LogP contribution in [0.5, 0.6) is 0 Å². The summed E-state index contributed by atoms with van der Waals surface area (Å²) >= 11 is 0. The van der Waals surface area contributed by atoms with Gasteiger partial charge in [0.1, 0.15) is 0 Å². The fourth-order valence-corrected chi connectivity index (χ4v) is 2.08. The van der Waals surface area contributed by atoms with Crippen LogP contribution in [0.15, 0.2) is 0 Å². The first-order chi connectivity index (χ1) is 10.1. The van der Waals surface area contributed by atoms with Gasteiger partial charge in [-0.2, -0.15) is 8.42 Å². The van der Waals surface area contributed by atoms with E-state index in [1.807, 2.05) is 0 Å². The number of rotatable bonds is 12. The summed E-state index contributed by atoms with van der Waals surface area (Å²) in [5, 5.41) is 0. The average Bonchev–Trinajstić information content (AvgIpc) is 2.32. The first-order valence-corrected chi connectivity index (χ1v) is 10.7. The van der Waals surface area contributed by atoms with E-state index >= 15 is 0 Å². The Bertz CT molecular complexity index is 338. The minimum absolute atomic E-state index is 0. The zero-order chi connectivity index (χ0) is 17.5. The maximum absolute atomic E-state index is 10.2. The molecule has 11 heteroatoms. The molecule has 0 atom stereocenters. The van der Waals surface area contributed by atoms with Crippen LogP contribution in [-0.2, 0) is 14.6 Å². The van der Waals surface area contributed by atoms with Crippen molar-refractivity contribution in [2.45, 2.75) is 71.1 Å². The zero-order valence-electron chi connectivity index (χ0n) is 15.9. The number of unbranched alkanes of at least 4 members (excludes halogenated alkanes) is 9. The molecule has 140 valence electrons. The van der Waals surface area contributed by atoms with Crippen LogP contribution in [0.4, 0.5) is 0 Å². The first kappa shape index (κ1) is 28.5. The molecule has 0 amide bonds. The van der Waals surface area contributed by atoms with Gasteiger partial charge in [0.15, 0.2) is 0 Å². The summed E-state index contributed by atoms with van der Waals surface area (Å²) in [7, 11) is -8.85. The largest absolute Gasteiger partial charge is 2.00 e. The molecule has 0 rings (SSSR count). The minimum atomic E-state index is -4.61. The summed E-state index contributed by atoms with van der Waals surface area (Å²) in [5.41, 5.74) is 0. The normalized spacial score (nSPS) is 11.4. The van der Waals surface area contributed by atoms with Gasteiger partial charge in [0, 0.05) is 0 Å². The zero-order valence-corrected chi connectivity index (χ0v) is 17.1. The van der Waals surface area contributed by atoms with E-state index in [4.69, 9.17) is 23.7 Å². The molecule has 0 saturated heterocycles. The Labute approximate surface area is 159 Å². The van der Waals surface area contributed by atoms with Crippen LogP contribution in [0.3, 0.4) is 0 Å². The van der Waals surface area contributed by atoms with Gasteiger partial charge in [-0.15, -0.1) is 0 Å². The van der Waals surface area contributed by atoms with Crippen molar-refractivity contribution in [3.63, 3.8) is 0 Å². The SMILES string of the molecule is CCCCCCCCCCCCOS(=O)(=O)O.O[Si](O)(O)O.[H-].[H-].[Mg+2]. The van der Waals surface area contributed by atoms with Gasteiger partial charge in [-0.05, 0) is 6.42 Å². The van der Waals surface area contributed by atoms with Crippen molar-refractivity contribution in [1.82, 2.24) is 0 Å². The molecule has 0 heterocycles. The molecular weight excluding hydrogens is 357 g/mol. The Balaban J connectivity index is -0.000000147. The topological polar surface area (TPSA) is 145 Å². The third-order valence-electron chi connectivity index (χ3n) is 2.73. The summed E-state index contributed by atoms with van der Waals surface area (Å²) in [4.78, 5) is 29.3. The fourth-order valence-electron chi connectivity index (χ4n) is 1.75. The van der Waals surface area contributed by atoms with Crippen molar-refractivity contribution in [2.75, 3.05) is 6.61 Å². The maximum Gasteiger partial charge on any atom is 2.00 e. The number of hydrogen-bond donors (Lipinski definition) is 5. The van der Waals surface area contributed by atoms with Crippen molar-refractivity contribution in [3.8, 4) is 0 Å². The molecule has 0 aliphatic heterocycles. The molecule has 0 radical (unpaired) electrons. The molecule has 0 bridgehead atoms. The minimum Gasteiger partial charge on any atom is -1.00 e. The summed E-state index contributed by atoms with van der Waals surface area (Å²) in [6.07, 6.45) is 11.9. The van der Waals surface area contributed by atoms with Crippen molar-refractivity contribution >= 4 is 42.5 Å². The Morgan fingerprint density at radius 3 is 1.43 bits per heavy atom. The van der Waals surface area contributed by atoms with Gasteiger partial charge in [-0.1, -0.05) is 64.7 Å². The van der Waals surface area contributed by atoms with Crippen molar-refractivity contribution in [3.05, 3.63) is 0 Å². The number of hydrogen-bond acceptors (Lipinski definition) is 7. The molecule has 0 aliphatic rings. The molecule has 0 aromatic carbocycles. The van der Waals surface area contributed by atoms with Crippen LogP contribution < -0.4 is 0 Å². The molecule has 0 aliphatic carbocycles. The quantitative estimate of drug-likeness (QED) is 0.189. The molecule has 8 nitrogen and oxygen atoms in total. The van der Waals surface area contributed by atoms with E-state index in [9.17, 15) is 8.42 Å². The maximum atomic E-state index is 10.2. The third-order valence-corrected chi connectivity index (χ3v) is 3.19. The van der Waals surface area contributed by atoms with Gasteiger partial charge in [0.2, 0.25) is 0 Å². The molecule has 0 unspecified atom stereocenters. The Morgan fingerprint density at radius 2 is 1.13 bits per heavy atom. The Morgan fingerprint density at radius 1 is 0.826 bits per heavy atom. The van der Waals surface area contributed by atoms with E-state index in [0.717, 1.165) is 12.8 Å². The molecular formula is C12H32MgO8SSi. The van der Waals surface area contributed by atoms with Gasteiger partial charge < -0.3 is 22.0 Å². The summed E-state index contributed by atoms with van der Waals surface area (Å²) in [6.45, 7) is 2.31. The van der Waals surface area contributed by atoms with Crippen LogP contribution in [0.1, 0.15) is 74.0 Å². The van der Waals surface area contributed by atoms with Gasteiger partial charge in [0.05, 0.1) is 6.61 Å². The Kier molecular flexibility index (Phi) is 21.7. The second kappa shape index (κ2) is 17.5. The third kappa shape index (κ3) is 45.0. The van der Waals surface area contributed by atoms with Gasteiger partial charge in [0.25, 0.3) is 0 Å². The molecule has 0 spiro atoms. The van der Waals surface area contributed by atoms with Crippen LogP contribution in [0.2, 0.25) is 0 Å². The van der Waals surface area contributed by atoms with E-state index < -0.39 is 19.4 Å². The van der Waals surface area contributed by atoms with Gasteiger partial charge in [-0.3, -0.25) is 4.55 Å². The molecule has 5 N–H and O–H groups in total. The first-order valence-electron chi connectivity index (χ1n) is 7.57. The molecule has 0 aromatic heterocycles. The summed E-state index contributed by atoms with van der Waals surface area (Å²) in [6, 6.07) is 0. The molecule has 0 fully saturated rings. The molecule has 0 aromatic rings. The predicted molar refractivity (Wildman–Crippen MR) is 92.0 cm³/mol. The molecule has 0 saturated carbocycles. The fraction of sp³-hybridized carbons (Fsp3) is 1.00. The summed E-state index contributed by atoms with van der Waals surface area (Å²) in [5.74, 6) is 0. The van der Waals surface area contributed by atoms with E-state index in [1.165, 1.54) is 44.9 Å². The molecule has 23 heavy (non-hydrogen) atoms. The van der Waals surface area contributed by atoms with Crippen LogP contribution >= 0.6 is 0 Å². The second-order valence-corrected chi connectivity index (χ2v) is 7.32. The van der Waals surface area contributed by atoms with Crippen molar-refractivity contribution in [2.24, 2.45) is 0 Å². The van der Waals surface area contributed by atoms with E-state index in [0.29, 0.717) is 6.42 Å². The smallest absolute Gasteiger partial charge is 1.00 e. The van der Waals surface area contributed by atoms with Gasteiger partial charge >= 0.3 is 42.5 Å². The van der Waals surface area contributed by atoms with Crippen molar-refractivity contribution < 1.29 is 39.2 Å². The van der Waals surface area contributed by atoms with E-state index in [1.54, 1.807) is 0 Å². The summed E-state index contributed by atoms with van der Waals surface area (Å²) < 4.78 is 33.0. The van der Waals surface area contributed by atoms with E-state index in [2.05, 4.69) is 11.1 Å². The second-order valence-electron chi connectivity index (χ2n) is 5.03. The van der Waals surface area contributed by atoms with Gasteiger partial charge in [-0.25, -0.2) is 4.18 Å². The van der Waals surface area contributed by atoms with E-state index in [-0.39, 0.29) is 32.5 Å². The van der Waals surface area contributed by atoms with Crippen LogP contribution in [0.25, 0.3) is 0 Å². The monoisotopic (exact) mass is 388 g/mol. The van der Waals surface area contributed by atoms with Crippen LogP contribution in [-0.4, -0.2) is 70.9 Å². The van der Waals surface area contributed by atoms with Crippen LogP contribution in [0, 0.1) is 0 Å². The standard InChI is InChI=1S/C12H26O4S.Mg.H4O4Si.2H/c1-2-3-4-5-6-7-8-9-10-11-12-16-17(13,14)15;;1-5(2,3)4;;/h2-12H2,1H3,(H,13,14,15);;1-4H;;/q;+2;;2*-1. The predicted octanol–water partition coefficient (Wildman–Crippen LogP) is 0.962.